The number of hydrogen-bond donors (Lipinski definition) is 5. The predicted molar refractivity (Wildman–Crippen MR) is 352 cm³/mol. The molecule has 11 nitrogen and oxygen atoms in total. The Morgan fingerprint density at radius 3 is 1.72 bits per heavy atom. The molecular formula is C70H80B2ClN5O6Si. The monoisotopic (exact) mass is 1170 g/mol. The van der Waals surface area contributed by atoms with Crippen LogP contribution in [0.5, 0.6) is 0 Å². The SMILES string of the molecule is C=C(C)C(=O)CCCCN(Cc1ccccc1B(O)O)Cc1c2ccccc2c(CN(CCCNC(=O)C(=C)C)Cc2ccccc2B(O)O)c2ccc(-c3ccc(C4=C5C=CC(=[N+](C)C)C=C5[Si](C)(C)c5cc(N(C)C)ccc54)cc3)cc12.[Cl-]. The maximum atomic E-state index is 12.8. The van der Waals surface area contributed by atoms with Gasteiger partial charge in [-0.15, -0.1) is 0 Å². The highest BCUT2D eigenvalue weighted by Crippen LogP contribution is 2.43. The first-order chi connectivity index (χ1) is 40.2. The summed E-state index contributed by atoms with van der Waals surface area (Å²) in [6.07, 6.45) is 9.44. The summed E-state index contributed by atoms with van der Waals surface area (Å²) in [4.78, 5) is 32.3. The van der Waals surface area contributed by atoms with Gasteiger partial charge in [0.05, 0.1) is 0 Å². The van der Waals surface area contributed by atoms with Crippen LogP contribution in [0.25, 0.3) is 38.2 Å². The molecule has 85 heavy (non-hydrogen) atoms. The Morgan fingerprint density at radius 2 is 1.15 bits per heavy atom. The molecular weight excluding hydrogens is 1090 g/mol. The molecule has 0 atom stereocenters. The third kappa shape index (κ3) is 14.4. The van der Waals surface area contributed by atoms with Gasteiger partial charge in [0, 0.05) is 83.2 Å². The van der Waals surface area contributed by atoms with Crippen LogP contribution in [0.3, 0.4) is 0 Å². The number of anilines is 1. The summed E-state index contributed by atoms with van der Waals surface area (Å²) in [7, 11) is 2.98. The van der Waals surface area contributed by atoms with E-state index in [4.69, 9.17) is 0 Å². The van der Waals surface area contributed by atoms with Gasteiger partial charge in [-0.05, 0) is 168 Å². The van der Waals surface area contributed by atoms with Crippen LogP contribution >= 0.6 is 0 Å². The van der Waals surface area contributed by atoms with E-state index >= 15 is 0 Å². The zero-order valence-electron chi connectivity index (χ0n) is 50.6. The van der Waals surface area contributed by atoms with Crippen LogP contribution in [0, 0.1) is 0 Å². The van der Waals surface area contributed by atoms with Gasteiger partial charge >= 0.3 is 14.2 Å². The topological polar surface area (TPSA) is 140 Å². The van der Waals surface area contributed by atoms with Crippen molar-refractivity contribution in [2.24, 2.45) is 0 Å². The molecule has 0 saturated heterocycles. The highest BCUT2D eigenvalue weighted by molar-refractivity contribution is 6.98. The normalized spacial score (nSPS) is 13.3. The van der Waals surface area contributed by atoms with Crippen LogP contribution in [0.4, 0.5) is 5.69 Å². The molecule has 1 aliphatic heterocycles. The van der Waals surface area contributed by atoms with Crippen LogP contribution in [0.1, 0.15) is 72.9 Å². The number of amides is 1. The number of nitrogens with zero attached hydrogens (tertiary/aromatic N) is 4. The first-order valence-corrected chi connectivity index (χ1v) is 32.2. The molecule has 15 heteroatoms. The van der Waals surface area contributed by atoms with Crippen molar-refractivity contribution in [2.75, 3.05) is 52.7 Å². The lowest BCUT2D eigenvalue weighted by Gasteiger charge is -2.38. The standard InChI is InChI=1S/C70H79B2N5O6Si.ClH/c1-47(2)66(78)26-17-18-38-76(43-52-20-11-15-24-64(52)71(80)81)46-63-57-23-14-13-22-56(57)62(45-77(39-19-37-73-70(79)48(3)4)44-53-21-12-16-25-65(53)72(82)83)58-34-31-51(40-61(58)63)49-27-29-50(30-28-49)69-59-35-32-54(74(5)6)41-67(59)84(9,10)68-42-55(75(7)8)33-36-60(68)69;/h11-16,20-25,27-36,40-42,80-83H,1,3,17-19,26,37-39,43-46H2,2,4-10H3;1H. The zero-order chi connectivity index (χ0) is 60.0. The fourth-order valence-corrected chi connectivity index (χ4v) is 15.2. The maximum Gasteiger partial charge on any atom is 0.488 e. The van der Waals surface area contributed by atoms with Crippen LogP contribution in [-0.4, -0.2) is 122 Å². The molecule has 1 amide bonds. The number of hydrogen-bond acceptors (Lipinski definition) is 9. The second-order valence-corrected chi connectivity index (χ2v) is 28.0. The number of rotatable bonds is 24. The van der Waals surface area contributed by atoms with Gasteiger partial charge in [0.2, 0.25) is 5.91 Å². The number of benzene rings is 7. The lowest BCUT2D eigenvalue weighted by molar-refractivity contribution is -0.462. The lowest BCUT2D eigenvalue weighted by atomic mass is 9.77. The second-order valence-electron chi connectivity index (χ2n) is 23.7. The first kappa shape index (κ1) is 63.8. The van der Waals surface area contributed by atoms with Gasteiger partial charge < -0.3 is 42.7 Å². The summed E-state index contributed by atoms with van der Waals surface area (Å²) in [6, 6.07) is 46.3. The number of halogens is 1. The Morgan fingerprint density at radius 1 is 0.612 bits per heavy atom. The number of Topliss-reactive ketones (excluding diaryl/α,β-unsaturated/α-hetero) is 1. The molecule has 0 fully saturated rings. The van der Waals surface area contributed by atoms with E-state index in [9.17, 15) is 29.7 Å². The van der Waals surface area contributed by atoms with Crippen molar-refractivity contribution in [1.82, 2.24) is 15.1 Å². The fourth-order valence-electron chi connectivity index (χ4n) is 12.1. The van der Waals surface area contributed by atoms with E-state index < -0.39 is 22.3 Å². The molecule has 0 radical (unpaired) electrons. The van der Waals surface area contributed by atoms with Gasteiger partial charge in [0.25, 0.3) is 0 Å². The van der Waals surface area contributed by atoms with E-state index in [-0.39, 0.29) is 24.1 Å². The molecule has 1 aliphatic carbocycles. The quantitative estimate of drug-likeness (QED) is 0.0163. The van der Waals surface area contributed by atoms with Crippen molar-refractivity contribution in [3.63, 3.8) is 0 Å². The average Bonchev–Trinajstić information content (AvgIpc) is 0.862. The van der Waals surface area contributed by atoms with Gasteiger partial charge in [0.1, 0.15) is 22.2 Å². The fraction of sp³-hybridized carbons (Fsp3) is 0.271. The van der Waals surface area contributed by atoms with E-state index in [0.717, 1.165) is 66.9 Å². The summed E-state index contributed by atoms with van der Waals surface area (Å²) >= 11 is 0. The Hall–Kier alpha value is -7.23. The van der Waals surface area contributed by atoms with Gasteiger partial charge in [-0.3, -0.25) is 19.4 Å². The van der Waals surface area contributed by atoms with E-state index in [1.165, 1.54) is 38.5 Å². The van der Waals surface area contributed by atoms with Crippen LogP contribution in [-0.2, 0) is 35.8 Å². The Labute approximate surface area is 510 Å². The third-order valence-electron chi connectivity index (χ3n) is 16.8. The summed E-state index contributed by atoms with van der Waals surface area (Å²) in [6.45, 7) is 19.7. The molecule has 7 aromatic rings. The van der Waals surface area contributed by atoms with Crippen molar-refractivity contribution in [1.29, 1.82) is 0 Å². The molecule has 7 aromatic carbocycles. The summed E-state index contributed by atoms with van der Waals surface area (Å²) in [5, 5.41) is 52.5. The van der Waals surface area contributed by atoms with Gasteiger partial charge in [-0.2, -0.15) is 0 Å². The van der Waals surface area contributed by atoms with Crippen molar-refractivity contribution in [3.05, 3.63) is 220 Å². The summed E-state index contributed by atoms with van der Waals surface area (Å²) in [5.74, 6) is -0.134. The average molecular weight is 1170 g/mol. The minimum atomic E-state index is -2.15. The molecule has 438 valence electrons. The Kier molecular flexibility index (Phi) is 20.9. The number of unbranched alkanes of at least 4 members (excludes halogenated alkanes) is 1. The zero-order valence-corrected chi connectivity index (χ0v) is 52.3. The molecule has 5 N–H and O–H groups in total. The van der Waals surface area contributed by atoms with E-state index in [1.54, 1.807) is 26.0 Å². The lowest BCUT2D eigenvalue weighted by Crippen LogP contribution is -3.00. The van der Waals surface area contributed by atoms with Crippen molar-refractivity contribution in [2.45, 2.75) is 78.8 Å². The molecule has 1 heterocycles. The number of ketones is 1. The second kappa shape index (κ2) is 27.9. The Bertz CT molecular complexity index is 3810. The number of carbonyl (C=O) groups is 2. The molecule has 0 saturated carbocycles. The number of nitrogens with one attached hydrogen (secondary N) is 1. The van der Waals surface area contributed by atoms with E-state index in [0.29, 0.717) is 87.1 Å². The summed E-state index contributed by atoms with van der Waals surface area (Å²) in [5.41, 5.74) is 15.2. The maximum absolute atomic E-state index is 12.8. The molecule has 0 bridgehead atoms. The third-order valence-corrected chi connectivity index (χ3v) is 20.3. The van der Waals surface area contributed by atoms with Gasteiger partial charge in [-0.1, -0.05) is 142 Å². The molecule has 0 aromatic heterocycles. The number of carbonyl (C=O) groups excluding carboxylic acids is 2. The minimum absolute atomic E-state index is 0. The summed E-state index contributed by atoms with van der Waals surface area (Å²) < 4.78 is 2.19. The van der Waals surface area contributed by atoms with Crippen LogP contribution < -0.4 is 38.7 Å². The highest BCUT2D eigenvalue weighted by Gasteiger charge is 2.40. The molecule has 0 spiro atoms. The largest absolute Gasteiger partial charge is 1.00 e. The van der Waals surface area contributed by atoms with Crippen molar-refractivity contribution >= 4 is 88.6 Å². The molecule has 0 unspecified atom stereocenters. The van der Waals surface area contributed by atoms with E-state index in [1.807, 2.05) is 36.4 Å². The van der Waals surface area contributed by atoms with Crippen LogP contribution in [0.15, 0.2) is 187 Å². The number of allylic oxidation sites excluding steroid dienone is 6. The minimum Gasteiger partial charge on any atom is -1.00 e. The van der Waals surface area contributed by atoms with E-state index in [2.05, 4.69) is 182 Å². The number of fused-ring (bicyclic) bond motifs is 4. The van der Waals surface area contributed by atoms with Crippen molar-refractivity contribution < 1.29 is 46.7 Å². The highest BCUT2D eigenvalue weighted by atomic mass is 35.5. The van der Waals surface area contributed by atoms with Gasteiger partial charge in [-0.25, -0.2) is 4.58 Å². The molecule has 2 aliphatic rings. The van der Waals surface area contributed by atoms with Gasteiger partial charge in [0.15, 0.2) is 11.5 Å². The molecule has 9 rings (SSSR count). The Balaban J connectivity index is 0.00000940. The first-order valence-electron chi connectivity index (χ1n) is 29.2. The van der Waals surface area contributed by atoms with Crippen LogP contribution in [0.2, 0.25) is 13.1 Å². The smallest absolute Gasteiger partial charge is 0.488 e. The van der Waals surface area contributed by atoms with Crippen molar-refractivity contribution in [3.8, 4) is 11.1 Å². The predicted octanol–water partition coefficient (Wildman–Crippen LogP) is 5.97.